The summed E-state index contributed by atoms with van der Waals surface area (Å²) in [5.41, 5.74) is 3.70. The number of nitrogens with one attached hydrogen (secondary N) is 1. The Morgan fingerprint density at radius 1 is 1.29 bits per heavy atom. The molecule has 5 nitrogen and oxygen atoms in total. The fourth-order valence-electron chi connectivity index (χ4n) is 2.18. The van der Waals surface area contributed by atoms with Gasteiger partial charge >= 0.3 is 0 Å². The van der Waals surface area contributed by atoms with Gasteiger partial charge < -0.3 is 10.2 Å². The molecule has 0 aliphatic heterocycles. The van der Waals surface area contributed by atoms with Crippen molar-refractivity contribution in [3.05, 3.63) is 42.0 Å². The van der Waals surface area contributed by atoms with E-state index in [0.717, 1.165) is 18.8 Å². The predicted octanol–water partition coefficient (Wildman–Crippen LogP) is 2.34. The van der Waals surface area contributed by atoms with E-state index in [1.807, 2.05) is 36.5 Å². The highest BCUT2D eigenvalue weighted by molar-refractivity contribution is 5.51. The van der Waals surface area contributed by atoms with Gasteiger partial charge in [0.05, 0.1) is 18.1 Å². The Morgan fingerprint density at radius 2 is 2.05 bits per heavy atom. The number of pyridine rings is 1. The monoisotopic (exact) mass is 287 g/mol. The molecule has 2 aromatic heterocycles. The third-order valence-corrected chi connectivity index (χ3v) is 3.29. The average molecular weight is 287 g/mol. The van der Waals surface area contributed by atoms with Gasteiger partial charge in [0.15, 0.2) is 0 Å². The van der Waals surface area contributed by atoms with Crippen LogP contribution < -0.4 is 10.2 Å². The molecule has 0 aromatic carbocycles. The van der Waals surface area contributed by atoms with Crippen molar-refractivity contribution in [1.29, 1.82) is 0 Å². The molecular formula is C16H25N5. The summed E-state index contributed by atoms with van der Waals surface area (Å²) >= 11 is 0. The quantitative estimate of drug-likeness (QED) is 0.917. The van der Waals surface area contributed by atoms with Crippen molar-refractivity contribution >= 4 is 5.69 Å². The molecule has 5 heteroatoms. The first-order chi connectivity index (χ1) is 9.85. The van der Waals surface area contributed by atoms with Gasteiger partial charge in [-0.25, -0.2) is 0 Å². The third kappa shape index (κ3) is 4.56. The fourth-order valence-corrected chi connectivity index (χ4v) is 2.18. The van der Waals surface area contributed by atoms with Crippen LogP contribution >= 0.6 is 0 Å². The highest BCUT2D eigenvalue weighted by Gasteiger charge is 2.13. The van der Waals surface area contributed by atoms with Crippen molar-refractivity contribution in [2.75, 3.05) is 11.9 Å². The summed E-state index contributed by atoms with van der Waals surface area (Å²) in [7, 11) is 4.02. The molecule has 0 fully saturated rings. The lowest BCUT2D eigenvalue weighted by Gasteiger charge is -2.25. The second kappa shape index (κ2) is 6.26. The Labute approximate surface area is 127 Å². The van der Waals surface area contributed by atoms with Gasteiger partial charge in [-0.05, 0) is 32.4 Å². The summed E-state index contributed by atoms with van der Waals surface area (Å²) in [6.07, 6.45) is 7.72. The van der Waals surface area contributed by atoms with Crippen LogP contribution in [0.1, 0.15) is 31.9 Å². The van der Waals surface area contributed by atoms with Gasteiger partial charge in [-0.1, -0.05) is 0 Å². The third-order valence-electron chi connectivity index (χ3n) is 3.29. The van der Waals surface area contributed by atoms with E-state index in [0.29, 0.717) is 0 Å². The topological polar surface area (TPSA) is 46.0 Å². The molecule has 114 valence electrons. The largest absolute Gasteiger partial charge is 0.369 e. The minimum absolute atomic E-state index is 0.0997. The first-order valence-electron chi connectivity index (χ1n) is 7.22. The molecule has 0 saturated heterocycles. The van der Waals surface area contributed by atoms with Gasteiger partial charge in [-0.3, -0.25) is 9.67 Å². The molecule has 0 saturated carbocycles. The van der Waals surface area contributed by atoms with E-state index < -0.39 is 0 Å². The minimum Gasteiger partial charge on any atom is -0.369 e. The number of hydrogen-bond acceptors (Lipinski definition) is 4. The van der Waals surface area contributed by atoms with Crippen molar-refractivity contribution in [3.8, 4) is 0 Å². The van der Waals surface area contributed by atoms with Gasteiger partial charge in [-0.2, -0.15) is 5.10 Å². The molecule has 0 amide bonds. The Kier molecular flexibility index (Phi) is 4.63. The lowest BCUT2D eigenvalue weighted by atomic mass is 10.1. The maximum atomic E-state index is 4.27. The second-order valence-corrected chi connectivity index (χ2v) is 6.49. The molecule has 0 atom stereocenters. The van der Waals surface area contributed by atoms with Crippen molar-refractivity contribution in [2.24, 2.45) is 7.05 Å². The molecule has 0 bridgehead atoms. The molecular weight excluding hydrogens is 262 g/mol. The Morgan fingerprint density at radius 3 is 2.67 bits per heavy atom. The van der Waals surface area contributed by atoms with Gasteiger partial charge in [-0.15, -0.1) is 0 Å². The first kappa shape index (κ1) is 15.5. The first-order valence-corrected chi connectivity index (χ1v) is 7.22. The molecule has 2 heterocycles. The van der Waals surface area contributed by atoms with E-state index in [2.05, 4.69) is 54.2 Å². The molecule has 0 aliphatic rings. The summed E-state index contributed by atoms with van der Waals surface area (Å²) in [5.74, 6) is 0. The van der Waals surface area contributed by atoms with Crippen LogP contribution in [-0.4, -0.2) is 27.4 Å². The van der Waals surface area contributed by atoms with Gasteiger partial charge in [0.1, 0.15) is 0 Å². The number of aryl methyl sites for hydroxylation is 1. The van der Waals surface area contributed by atoms with Crippen LogP contribution in [0.2, 0.25) is 0 Å². The smallest absolute Gasteiger partial charge is 0.0598 e. The number of aromatic nitrogens is 3. The summed E-state index contributed by atoms with van der Waals surface area (Å²) in [4.78, 5) is 6.48. The number of hydrogen-bond donors (Lipinski definition) is 1. The summed E-state index contributed by atoms with van der Waals surface area (Å²) in [5, 5.41) is 7.75. The van der Waals surface area contributed by atoms with Crippen LogP contribution in [0.15, 0.2) is 30.9 Å². The van der Waals surface area contributed by atoms with E-state index in [1.54, 1.807) is 0 Å². The van der Waals surface area contributed by atoms with Crippen LogP contribution in [0.5, 0.6) is 0 Å². The van der Waals surface area contributed by atoms with E-state index in [-0.39, 0.29) is 5.54 Å². The average Bonchev–Trinajstić information content (AvgIpc) is 2.81. The summed E-state index contributed by atoms with van der Waals surface area (Å²) in [6, 6.07) is 2.08. The van der Waals surface area contributed by atoms with Crippen molar-refractivity contribution < 1.29 is 0 Å². The maximum absolute atomic E-state index is 4.27. The minimum atomic E-state index is 0.0997. The van der Waals surface area contributed by atoms with Gasteiger partial charge in [0.25, 0.3) is 0 Å². The lowest BCUT2D eigenvalue weighted by molar-refractivity contribution is 0.424. The Balaban J connectivity index is 2.11. The van der Waals surface area contributed by atoms with E-state index in [1.165, 1.54) is 11.1 Å². The second-order valence-electron chi connectivity index (χ2n) is 6.49. The maximum Gasteiger partial charge on any atom is 0.0598 e. The SMILES string of the molecule is CN(Cc1cnn(C)c1)c1cnccc1CNC(C)(C)C. The van der Waals surface area contributed by atoms with E-state index >= 15 is 0 Å². The number of anilines is 1. The van der Waals surface area contributed by atoms with Gasteiger partial charge in [0.2, 0.25) is 0 Å². The number of rotatable bonds is 5. The molecule has 0 unspecified atom stereocenters. The predicted molar refractivity (Wildman–Crippen MR) is 86.1 cm³/mol. The summed E-state index contributed by atoms with van der Waals surface area (Å²) in [6.45, 7) is 8.18. The van der Waals surface area contributed by atoms with Crippen molar-refractivity contribution in [3.63, 3.8) is 0 Å². The molecule has 2 aromatic rings. The summed E-state index contributed by atoms with van der Waals surface area (Å²) < 4.78 is 1.83. The van der Waals surface area contributed by atoms with E-state index in [4.69, 9.17) is 0 Å². The zero-order valence-corrected chi connectivity index (χ0v) is 13.6. The fraction of sp³-hybridized carbons (Fsp3) is 0.500. The Hall–Kier alpha value is -1.88. The zero-order valence-electron chi connectivity index (χ0n) is 13.6. The number of nitrogens with zero attached hydrogens (tertiary/aromatic N) is 4. The standard InChI is InChI=1S/C16H25N5/c1-16(2,3)18-9-14-6-7-17-10-15(14)20(4)11-13-8-19-21(5)12-13/h6-8,10,12,18H,9,11H2,1-5H3. The van der Waals surface area contributed by atoms with Crippen LogP contribution in [0.3, 0.4) is 0 Å². The highest BCUT2D eigenvalue weighted by atomic mass is 15.2. The molecule has 21 heavy (non-hydrogen) atoms. The Bertz CT molecular complexity index is 582. The van der Waals surface area contributed by atoms with Crippen LogP contribution in [0, 0.1) is 0 Å². The van der Waals surface area contributed by atoms with Crippen LogP contribution in [-0.2, 0) is 20.1 Å². The molecule has 1 N–H and O–H groups in total. The van der Waals surface area contributed by atoms with Crippen molar-refractivity contribution in [2.45, 2.75) is 39.4 Å². The lowest BCUT2D eigenvalue weighted by Crippen LogP contribution is -2.35. The van der Waals surface area contributed by atoms with Gasteiger partial charge in [0, 0.05) is 50.7 Å². The molecule has 0 aliphatic carbocycles. The molecule has 0 radical (unpaired) electrons. The zero-order chi connectivity index (χ0) is 15.5. The van der Waals surface area contributed by atoms with Crippen LogP contribution in [0.25, 0.3) is 0 Å². The molecule has 0 spiro atoms. The molecule has 2 rings (SSSR count). The highest BCUT2D eigenvalue weighted by Crippen LogP contribution is 2.20. The van der Waals surface area contributed by atoms with E-state index in [9.17, 15) is 0 Å². The van der Waals surface area contributed by atoms with Crippen molar-refractivity contribution in [1.82, 2.24) is 20.1 Å². The van der Waals surface area contributed by atoms with Crippen LogP contribution in [0.4, 0.5) is 5.69 Å². The normalized spacial score (nSPS) is 11.7.